The molecule has 2 aromatic heterocycles. The van der Waals surface area contributed by atoms with Gasteiger partial charge in [-0.3, -0.25) is 0 Å². The van der Waals surface area contributed by atoms with Crippen molar-refractivity contribution in [2.24, 2.45) is 5.92 Å². The molecule has 21 heavy (non-hydrogen) atoms. The molecule has 0 bridgehead atoms. The fourth-order valence-electron chi connectivity index (χ4n) is 2.35. The van der Waals surface area contributed by atoms with Crippen LogP contribution in [-0.2, 0) is 17.8 Å². The van der Waals surface area contributed by atoms with Crippen LogP contribution in [0, 0.1) is 5.92 Å². The molecule has 0 atom stereocenters. The van der Waals surface area contributed by atoms with Crippen molar-refractivity contribution in [2.45, 2.75) is 40.3 Å². The second-order valence-electron chi connectivity index (χ2n) is 5.80. The van der Waals surface area contributed by atoms with E-state index in [9.17, 15) is 0 Å². The summed E-state index contributed by atoms with van der Waals surface area (Å²) in [5, 5.41) is 4.62. The van der Waals surface area contributed by atoms with Crippen LogP contribution in [-0.4, -0.2) is 29.3 Å². The van der Waals surface area contributed by atoms with Crippen LogP contribution in [0.3, 0.4) is 0 Å². The predicted molar refractivity (Wildman–Crippen MR) is 87.4 cm³/mol. The summed E-state index contributed by atoms with van der Waals surface area (Å²) in [7, 11) is 0. The molecular formula is C17H27N3O. The lowest BCUT2D eigenvalue weighted by Crippen LogP contribution is -2.11. The van der Waals surface area contributed by atoms with Crippen LogP contribution >= 0.6 is 0 Å². The molecule has 0 spiro atoms. The molecule has 1 N–H and O–H groups in total. The first-order valence-electron chi connectivity index (χ1n) is 7.93. The van der Waals surface area contributed by atoms with Gasteiger partial charge in [-0.25, -0.2) is 4.98 Å². The van der Waals surface area contributed by atoms with E-state index in [0.717, 1.165) is 44.9 Å². The summed E-state index contributed by atoms with van der Waals surface area (Å²) in [6.45, 7) is 10.9. The van der Waals surface area contributed by atoms with Gasteiger partial charge in [-0.05, 0) is 36.6 Å². The second kappa shape index (κ2) is 8.15. The van der Waals surface area contributed by atoms with Gasteiger partial charge in [-0.1, -0.05) is 20.8 Å². The van der Waals surface area contributed by atoms with E-state index < -0.39 is 0 Å². The smallest absolute Gasteiger partial charge is 0.140 e. The number of hydrogen-bond donors (Lipinski definition) is 1. The van der Waals surface area contributed by atoms with Gasteiger partial charge in [0, 0.05) is 37.5 Å². The molecular weight excluding hydrogens is 262 g/mol. The molecule has 0 aliphatic rings. The van der Waals surface area contributed by atoms with E-state index in [1.165, 1.54) is 10.9 Å². The lowest BCUT2D eigenvalue weighted by Gasteiger charge is -2.07. The van der Waals surface area contributed by atoms with E-state index >= 15 is 0 Å². The Balaban J connectivity index is 1.98. The van der Waals surface area contributed by atoms with Crippen molar-refractivity contribution in [3.63, 3.8) is 0 Å². The summed E-state index contributed by atoms with van der Waals surface area (Å²) in [5.74, 6) is 0.700. The molecule has 0 radical (unpaired) electrons. The molecule has 0 aromatic carbocycles. The molecule has 116 valence electrons. The largest absolute Gasteiger partial charge is 0.380 e. The summed E-state index contributed by atoms with van der Waals surface area (Å²) in [5.41, 5.74) is 2.36. The number of rotatable bonds is 9. The SMILES string of the molecule is CCNCc1cn(CCOCCC(C)C)c2ncccc12. The van der Waals surface area contributed by atoms with Crippen LogP contribution in [0.5, 0.6) is 0 Å². The molecule has 4 nitrogen and oxygen atoms in total. The van der Waals surface area contributed by atoms with E-state index in [1.54, 1.807) is 0 Å². The summed E-state index contributed by atoms with van der Waals surface area (Å²) in [6.07, 6.45) is 5.18. The van der Waals surface area contributed by atoms with Crippen molar-refractivity contribution in [3.05, 3.63) is 30.1 Å². The van der Waals surface area contributed by atoms with Gasteiger partial charge in [0.15, 0.2) is 0 Å². The highest BCUT2D eigenvalue weighted by Crippen LogP contribution is 2.19. The summed E-state index contributed by atoms with van der Waals surface area (Å²) >= 11 is 0. The zero-order chi connectivity index (χ0) is 15.1. The molecule has 0 aliphatic heterocycles. The van der Waals surface area contributed by atoms with Gasteiger partial charge in [0.1, 0.15) is 5.65 Å². The summed E-state index contributed by atoms with van der Waals surface area (Å²) < 4.78 is 7.93. The Kier molecular flexibility index (Phi) is 6.21. The van der Waals surface area contributed by atoms with Gasteiger partial charge >= 0.3 is 0 Å². The van der Waals surface area contributed by atoms with Gasteiger partial charge in [0.25, 0.3) is 0 Å². The predicted octanol–water partition coefficient (Wildman–Crippen LogP) is 3.21. The average molecular weight is 289 g/mol. The first kappa shape index (κ1) is 16.0. The lowest BCUT2D eigenvalue weighted by molar-refractivity contribution is 0.117. The fourth-order valence-corrected chi connectivity index (χ4v) is 2.35. The van der Waals surface area contributed by atoms with Crippen molar-refractivity contribution >= 4 is 11.0 Å². The third-order valence-corrected chi connectivity index (χ3v) is 3.60. The number of pyridine rings is 1. The normalized spacial score (nSPS) is 11.6. The lowest BCUT2D eigenvalue weighted by atomic mass is 10.1. The van der Waals surface area contributed by atoms with Crippen molar-refractivity contribution in [1.29, 1.82) is 0 Å². The highest BCUT2D eigenvalue weighted by atomic mass is 16.5. The Bertz CT molecular complexity index is 548. The minimum absolute atomic E-state index is 0.700. The van der Waals surface area contributed by atoms with Crippen LogP contribution in [0.4, 0.5) is 0 Å². The Morgan fingerprint density at radius 2 is 2.19 bits per heavy atom. The molecule has 0 saturated carbocycles. The Labute approximate surface area is 127 Å². The molecule has 0 saturated heterocycles. The van der Waals surface area contributed by atoms with E-state index in [0.29, 0.717) is 5.92 Å². The second-order valence-corrected chi connectivity index (χ2v) is 5.80. The minimum Gasteiger partial charge on any atom is -0.380 e. The van der Waals surface area contributed by atoms with Crippen LogP contribution in [0.15, 0.2) is 24.5 Å². The van der Waals surface area contributed by atoms with Gasteiger partial charge in [0.2, 0.25) is 0 Å². The monoisotopic (exact) mass is 289 g/mol. The fraction of sp³-hybridized carbons (Fsp3) is 0.588. The molecule has 0 aliphatic carbocycles. The van der Waals surface area contributed by atoms with E-state index in [1.807, 2.05) is 12.3 Å². The molecule has 0 fully saturated rings. The van der Waals surface area contributed by atoms with Crippen molar-refractivity contribution in [1.82, 2.24) is 14.9 Å². The molecule has 2 heterocycles. The summed E-state index contributed by atoms with van der Waals surface area (Å²) in [4.78, 5) is 4.52. The van der Waals surface area contributed by atoms with E-state index in [-0.39, 0.29) is 0 Å². The molecule has 0 unspecified atom stereocenters. The molecule has 0 amide bonds. The van der Waals surface area contributed by atoms with Crippen LogP contribution in [0.25, 0.3) is 11.0 Å². The minimum atomic E-state index is 0.700. The zero-order valence-electron chi connectivity index (χ0n) is 13.4. The standard InChI is InChI=1S/C17H27N3O/c1-4-18-12-15-13-20(9-11-21-10-7-14(2)3)17-16(15)6-5-8-19-17/h5-6,8,13-14,18H,4,7,9-12H2,1-3H3. The van der Waals surface area contributed by atoms with Crippen LogP contribution in [0.1, 0.15) is 32.8 Å². The van der Waals surface area contributed by atoms with Crippen LogP contribution < -0.4 is 5.32 Å². The topological polar surface area (TPSA) is 39.1 Å². The number of hydrogen-bond acceptors (Lipinski definition) is 3. The highest BCUT2D eigenvalue weighted by molar-refractivity contribution is 5.80. The third-order valence-electron chi connectivity index (χ3n) is 3.60. The number of nitrogens with zero attached hydrogens (tertiary/aromatic N) is 2. The Morgan fingerprint density at radius 3 is 2.95 bits per heavy atom. The number of aromatic nitrogens is 2. The Hall–Kier alpha value is -1.39. The highest BCUT2D eigenvalue weighted by Gasteiger charge is 2.08. The average Bonchev–Trinajstić information content (AvgIpc) is 2.83. The number of ether oxygens (including phenoxy) is 1. The molecule has 4 heteroatoms. The first-order chi connectivity index (χ1) is 10.2. The van der Waals surface area contributed by atoms with E-state index in [4.69, 9.17) is 4.74 Å². The van der Waals surface area contributed by atoms with Gasteiger partial charge in [0.05, 0.1) is 6.61 Å². The van der Waals surface area contributed by atoms with Crippen molar-refractivity contribution < 1.29 is 4.74 Å². The Morgan fingerprint density at radius 1 is 1.33 bits per heavy atom. The van der Waals surface area contributed by atoms with E-state index in [2.05, 4.69) is 47.9 Å². The van der Waals surface area contributed by atoms with Gasteiger partial charge in [-0.2, -0.15) is 0 Å². The maximum absolute atomic E-state index is 5.72. The number of fused-ring (bicyclic) bond motifs is 1. The van der Waals surface area contributed by atoms with Gasteiger partial charge in [-0.15, -0.1) is 0 Å². The van der Waals surface area contributed by atoms with Gasteiger partial charge < -0.3 is 14.6 Å². The zero-order valence-corrected chi connectivity index (χ0v) is 13.4. The maximum atomic E-state index is 5.72. The summed E-state index contributed by atoms with van der Waals surface area (Å²) in [6, 6.07) is 4.15. The third kappa shape index (κ3) is 4.55. The number of nitrogens with one attached hydrogen (secondary N) is 1. The molecule has 2 rings (SSSR count). The van der Waals surface area contributed by atoms with Crippen LogP contribution in [0.2, 0.25) is 0 Å². The quantitative estimate of drug-likeness (QED) is 0.721. The first-order valence-corrected chi connectivity index (χ1v) is 7.93. The molecule has 2 aromatic rings. The maximum Gasteiger partial charge on any atom is 0.140 e. The van der Waals surface area contributed by atoms with Crippen molar-refractivity contribution in [2.75, 3.05) is 19.8 Å². The van der Waals surface area contributed by atoms with Crippen molar-refractivity contribution in [3.8, 4) is 0 Å².